The van der Waals surface area contributed by atoms with Crippen molar-refractivity contribution in [1.82, 2.24) is 14.8 Å². The number of rotatable bonds is 8. The van der Waals surface area contributed by atoms with E-state index in [1.54, 1.807) is 5.48 Å². The fourth-order valence-electron chi connectivity index (χ4n) is 4.80. The third-order valence-corrected chi connectivity index (χ3v) is 9.69. The molecule has 198 valence electrons. The van der Waals surface area contributed by atoms with Crippen LogP contribution in [0.3, 0.4) is 0 Å². The number of carbonyl (C=O) groups is 1. The van der Waals surface area contributed by atoms with Gasteiger partial charge in [0.05, 0.1) is 0 Å². The van der Waals surface area contributed by atoms with Gasteiger partial charge in [0.25, 0.3) is 5.91 Å². The van der Waals surface area contributed by atoms with Crippen LogP contribution in [-0.4, -0.2) is 73.0 Å². The van der Waals surface area contributed by atoms with Crippen LogP contribution in [0, 0.1) is 0 Å². The Hall–Kier alpha value is -2.24. The molecule has 1 amide bonds. The summed E-state index contributed by atoms with van der Waals surface area (Å²) in [6, 6.07) is 12.6. The number of piperazine rings is 1. The molecule has 1 aromatic heterocycles. The van der Waals surface area contributed by atoms with Gasteiger partial charge in [-0.1, -0.05) is 37.6 Å². The highest BCUT2D eigenvalue weighted by atomic mass is 35.5. The predicted octanol–water partition coefficient (Wildman–Crippen LogP) is 3.02. The molecule has 9 nitrogen and oxygen atoms in total. The molecule has 4 rings (SSSR count). The van der Waals surface area contributed by atoms with Gasteiger partial charge < -0.3 is 9.64 Å². The average Bonchev–Trinajstić information content (AvgIpc) is 2.92. The molecule has 0 spiro atoms. The molecule has 0 saturated carbocycles. The molecule has 0 atom stereocenters. The maximum absolute atomic E-state index is 13.5. The molecular weight excluding hydrogens is 504 g/mol. The van der Waals surface area contributed by atoms with Crippen LogP contribution in [0.2, 0.25) is 0 Å². The van der Waals surface area contributed by atoms with Crippen molar-refractivity contribution in [3.63, 3.8) is 0 Å². The van der Waals surface area contributed by atoms with Crippen LogP contribution in [0.1, 0.15) is 38.2 Å². The summed E-state index contributed by atoms with van der Waals surface area (Å²) in [7, 11) is -3.98. The van der Waals surface area contributed by atoms with Crippen LogP contribution in [0.25, 0.3) is 11.1 Å². The van der Waals surface area contributed by atoms with Gasteiger partial charge in [-0.15, -0.1) is 12.4 Å². The molecule has 2 aromatic rings. The van der Waals surface area contributed by atoms with Crippen molar-refractivity contribution in [1.29, 1.82) is 0 Å². The zero-order valence-electron chi connectivity index (χ0n) is 20.6. The summed E-state index contributed by atoms with van der Waals surface area (Å²) in [6.07, 6.45) is 5.35. The van der Waals surface area contributed by atoms with Gasteiger partial charge in [0.1, 0.15) is 5.82 Å². The summed E-state index contributed by atoms with van der Waals surface area (Å²) in [6.45, 7) is 3.92. The summed E-state index contributed by atoms with van der Waals surface area (Å²) in [5.41, 5.74) is 5.06. The molecule has 0 radical (unpaired) electrons. The third-order valence-electron chi connectivity index (χ3n) is 7.07. The largest absolute Gasteiger partial charge is 0.381 e. The molecular formula is C25H35ClN4O5S. The van der Waals surface area contributed by atoms with Gasteiger partial charge in [0.2, 0.25) is 10.0 Å². The number of benzene rings is 1. The molecule has 36 heavy (non-hydrogen) atoms. The molecule has 2 aliphatic heterocycles. The standard InChI is InChI=1S/C25H34N4O5S.ClH/c1-2-3-4-20-5-7-21(8-6-20)22-9-10-23(26-19-22)28-13-15-29(16-14-28)35(32,33)25(24(30)27-31)11-17-34-18-12-25;/h5-10,19,31H,2-4,11-18H2,1H3,(H,27,30);1H. The highest BCUT2D eigenvalue weighted by Crippen LogP contribution is 2.34. The van der Waals surface area contributed by atoms with E-state index in [1.165, 1.54) is 22.7 Å². The quantitative estimate of drug-likeness (QED) is 0.392. The SMILES string of the molecule is CCCCc1ccc(-c2ccc(N3CCN(S(=O)(=O)C4(C(=O)NO)CCOCC4)CC3)nc2)cc1.Cl. The molecule has 2 aliphatic rings. The number of hydrogen-bond acceptors (Lipinski definition) is 7. The van der Waals surface area contributed by atoms with Gasteiger partial charge in [0, 0.05) is 64.0 Å². The van der Waals surface area contributed by atoms with Gasteiger partial charge in [-0.2, -0.15) is 4.31 Å². The number of halogens is 1. The number of amides is 1. The highest BCUT2D eigenvalue weighted by molar-refractivity contribution is 7.91. The summed E-state index contributed by atoms with van der Waals surface area (Å²) in [4.78, 5) is 19.1. The van der Waals surface area contributed by atoms with Crippen molar-refractivity contribution < 1.29 is 23.2 Å². The number of anilines is 1. The molecule has 0 bridgehead atoms. The van der Waals surface area contributed by atoms with Crippen molar-refractivity contribution in [2.75, 3.05) is 44.3 Å². The van der Waals surface area contributed by atoms with E-state index >= 15 is 0 Å². The second kappa shape index (κ2) is 12.3. The van der Waals surface area contributed by atoms with Crippen molar-refractivity contribution in [3.05, 3.63) is 48.2 Å². The predicted molar refractivity (Wildman–Crippen MR) is 141 cm³/mol. The van der Waals surface area contributed by atoms with Crippen LogP contribution in [0.5, 0.6) is 0 Å². The molecule has 2 saturated heterocycles. The average molecular weight is 539 g/mol. The second-order valence-corrected chi connectivity index (χ2v) is 11.4. The molecule has 0 unspecified atom stereocenters. The van der Waals surface area contributed by atoms with Crippen LogP contribution in [0.15, 0.2) is 42.6 Å². The fourth-order valence-corrected chi connectivity index (χ4v) is 6.90. The maximum atomic E-state index is 13.5. The van der Waals surface area contributed by atoms with E-state index in [4.69, 9.17) is 4.74 Å². The van der Waals surface area contributed by atoms with E-state index in [0.29, 0.717) is 13.1 Å². The van der Waals surface area contributed by atoms with E-state index in [0.717, 1.165) is 23.4 Å². The first-order chi connectivity index (χ1) is 16.9. The Labute approximate surface area is 219 Å². The fraction of sp³-hybridized carbons (Fsp3) is 0.520. The van der Waals surface area contributed by atoms with E-state index in [2.05, 4.69) is 36.2 Å². The van der Waals surface area contributed by atoms with Crippen LogP contribution < -0.4 is 10.4 Å². The molecule has 11 heteroatoms. The Kier molecular flexibility index (Phi) is 9.71. The monoisotopic (exact) mass is 538 g/mol. The number of aryl methyl sites for hydroxylation is 1. The van der Waals surface area contributed by atoms with Crippen molar-refractivity contribution in [3.8, 4) is 11.1 Å². The summed E-state index contributed by atoms with van der Waals surface area (Å²) in [5.74, 6) is -0.0990. The zero-order chi connectivity index (χ0) is 24.9. The number of ether oxygens (including phenoxy) is 1. The van der Waals surface area contributed by atoms with E-state index in [-0.39, 0.29) is 51.6 Å². The normalized spacial score (nSPS) is 18.3. The van der Waals surface area contributed by atoms with Gasteiger partial charge in [0.15, 0.2) is 4.75 Å². The second-order valence-electron chi connectivity index (χ2n) is 9.14. The van der Waals surface area contributed by atoms with Gasteiger partial charge in [-0.3, -0.25) is 10.0 Å². The number of carbonyl (C=O) groups excluding carboxylic acids is 1. The number of hydroxylamine groups is 1. The van der Waals surface area contributed by atoms with Gasteiger partial charge in [-0.05, 0) is 36.1 Å². The van der Waals surface area contributed by atoms with Gasteiger partial charge in [-0.25, -0.2) is 18.9 Å². The summed E-state index contributed by atoms with van der Waals surface area (Å²) in [5, 5.41) is 9.22. The topological polar surface area (TPSA) is 112 Å². The summed E-state index contributed by atoms with van der Waals surface area (Å²) < 4.78 is 31.8. The van der Waals surface area contributed by atoms with Crippen molar-refractivity contribution in [2.24, 2.45) is 0 Å². The molecule has 1 aromatic carbocycles. The number of pyridine rings is 1. The lowest BCUT2D eigenvalue weighted by Crippen LogP contribution is -2.62. The van der Waals surface area contributed by atoms with Crippen LogP contribution in [-0.2, 0) is 26.0 Å². The Morgan fingerprint density at radius 1 is 1.06 bits per heavy atom. The molecule has 0 aliphatic carbocycles. The maximum Gasteiger partial charge on any atom is 0.266 e. The Morgan fingerprint density at radius 3 is 2.25 bits per heavy atom. The lowest BCUT2D eigenvalue weighted by atomic mass is 9.98. The Bertz CT molecular complexity index is 1100. The van der Waals surface area contributed by atoms with Crippen molar-refractivity contribution >= 4 is 34.2 Å². The minimum absolute atomic E-state index is 0. The zero-order valence-corrected chi connectivity index (χ0v) is 22.2. The minimum Gasteiger partial charge on any atom is -0.381 e. The van der Waals surface area contributed by atoms with Crippen molar-refractivity contribution in [2.45, 2.75) is 43.8 Å². The third kappa shape index (κ3) is 5.68. The first-order valence-electron chi connectivity index (χ1n) is 12.2. The number of nitrogens with zero attached hydrogens (tertiary/aromatic N) is 3. The number of aromatic nitrogens is 1. The molecule has 2 fully saturated rings. The number of hydrogen-bond donors (Lipinski definition) is 2. The molecule has 3 heterocycles. The van der Waals surface area contributed by atoms with Crippen LogP contribution in [0.4, 0.5) is 5.82 Å². The number of sulfonamides is 1. The number of nitrogens with one attached hydrogen (secondary N) is 1. The van der Waals surface area contributed by atoms with E-state index in [1.807, 2.05) is 23.2 Å². The highest BCUT2D eigenvalue weighted by Gasteiger charge is 2.54. The van der Waals surface area contributed by atoms with E-state index in [9.17, 15) is 18.4 Å². The minimum atomic E-state index is -3.98. The van der Waals surface area contributed by atoms with Crippen LogP contribution >= 0.6 is 12.4 Å². The first-order valence-corrected chi connectivity index (χ1v) is 13.7. The lowest BCUT2D eigenvalue weighted by molar-refractivity contribution is -0.134. The Balaban J connectivity index is 0.00000361. The van der Waals surface area contributed by atoms with Gasteiger partial charge >= 0.3 is 0 Å². The summed E-state index contributed by atoms with van der Waals surface area (Å²) >= 11 is 0. The number of unbranched alkanes of at least 4 members (excludes halogenated alkanes) is 1. The lowest BCUT2D eigenvalue weighted by Gasteiger charge is -2.41. The smallest absolute Gasteiger partial charge is 0.266 e. The van der Waals surface area contributed by atoms with E-state index < -0.39 is 20.7 Å². The first kappa shape index (κ1) is 28.3. The molecule has 2 N–H and O–H groups in total. The Morgan fingerprint density at radius 2 is 1.69 bits per heavy atom.